The predicted octanol–water partition coefficient (Wildman–Crippen LogP) is 1.31. The number of nitrogens with zero attached hydrogens (tertiary/aromatic N) is 2. The third kappa shape index (κ3) is 3.89. The van der Waals surface area contributed by atoms with Crippen LogP contribution in [0.1, 0.15) is 18.9 Å². The molecule has 0 aliphatic heterocycles. The molecule has 0 saturated heterocycles. The molecule has 1 aromatic heterocycles. The Morgan fingerprint density at radius 1 is 1.41 bits per heavy atom. The van der Waals surface area contributed by atoms with Gasteiger partial charge in [0.25, 0.3) is 0 Å². The van der Waals surface area contributed by atoms with Gasteiger partial charge in [-0.2, -0.15) is 0 Å². The standard InChI is InChI=1S/C11H18N4OS/c1-4-5-8-10(13-3)14-7-15-11(8)17-6-9(16)12-2/h7H,4-6H2,1-3H3,(H,12,16)(H,13,14,15). The molecule has 1 amide bonds. The van der Waals surface area contributed by atoms with Crippen LogP contribution in [0.3, 0.4) is 0 Å². The summed E-state index contributed by atoms with van der Waals surface area (Å²) in [6, 6.07) is 0. The van der Waals surface area contributed by atoms with E-state index in [1.54, 1.807) is 7.05 Å². The highest BCUT2D eigenvalue weighted by Crippen LogP contribution is 2.25. The van der Waals surface area contributed by atoms with E-state index in [9.17, 15) is 4.79 Å². The van der Waals surface area contributed by atoms with Gasteiger partial charge in [-0.05, 0) is 6.42 Å². The van der Waals surface area contributed by atoms with E-state index in [-0.39, 0.29) is 5.91 Å². The summed E-state index contributed by atoms with van der Waals surface area (Å²) in [4.78, 5) is 19.6. The first-order valence-electron chi connectivity index (χ1n) is 5.57. The first kappa shape index (κ1) is 13.8. The van der Waals surface area contributed by atoms with Crippen LogP contribution in [0, 0.1) is 0 Å². The van der Waals surface area contributed by atoms with E-state index in [4.69, 9.17) is 0 Å². The van der Waals surface area contributed by atoms with Gasteiger partial charge >= 0.3 is 0 Å². The minimum absolute atomic E-state index is 0.00192. The van der Waals surface area contributed by atoms with Gasteiger partial charge in [-0.25, -0.2) is 9.97 Å². The molecule has 0 saturated carbocycles. The number of rotatable bonds is 6. The molecular formula is C11H18N4OS. The smallest absolute Gasteiger partial charge is 0.230 e. The molecule has 17 heavy (non-hydrogen) atoms. The summed E-state index contributed by atoms with van der Waals surface area (Å²) < 4.78 is 0. The monoisotopic (exact) mass is 254 g/mol. The fourth-order valence-corrected chi connectivity index (χ4v) is 2.32. The quantitative estimate of drug-likeness (QED) is 0.592. The van der Waals surface area contributed by atoms with Crippen molar-refractivity contribution >= 4 is 23.5 Å². The zero-order chi connectivity index (χ0) is 12.7. The van der Waals surface area contributed by atoms with E-state index in [1.807, 2.05) is 7.05 Å². The Bertz CT molecular complexity index is 384. The maximum absolute atomic E-state index is 11.2. The van der Waals surface area contributed by atoms with Gasteiger partial charge in [0.1, 0.15) is 17.2 Å². The summed E-state index contributed by atoms with van der Waals surface area (Å²) in [5, 5.41) is 6.54. The number of thioether (sulfide) groups is 1. The molecule has 0 fully saturated rings. The first-order chi connectivity index (χ1) is 8.22. The van der Waals surface area contributed by atoms with Gasteiger partial charge in [0.2, 0.25) is 5.91 Å². The van der Waals surface area contributed by atoms with Gasteiger partial charge in [-0.1, -0.05) is 25.1 Å². The van der Waals surface area contributed by atoms with E-state index in [1.165, 1.54) is 18.1 Å². The Kier molecular flexibility index (Phi) is 5.76. The number of anilines is 1. The van der Waals surface area contributed by atoms with Crippen LogP contribution in [0.25, 0.3) is 0 Å². The van der Waals surface area contributed by atoms with Gasteiger partial charge in [-0.3, -0.25) is 4.79 Å². The number of amides is 1. The summed E-state index contributed by atoms with van der Waals surface area (Å²) in [6.45, 7) is 2.11. The van der Waals surface area contributed by atoms with Gasteiger partial charge in [0, 0.05) is 19.7 Å². The summed E-state index contributed by atoms with van der Waals surface area (Å²) in [5.74, 6) is 1.23. The maximum Gasteiger partial charge on any atom is 0.230 e. The Balaban J connectivity index is 2.85. The van der Waals surface area contributed by atoms with Crippen LogP contribution in [0.5, 0.6) is 0 Å². The lowest BCUT2D eigenvalue weighted by Gasteiger charge is -2.11. The van der Waals surface area contributed by atoms with E-state index in [2.05, 4.69) is 27.5 Å². The number of carbonyl (C=O) groups is 1. The maximum atomic E-state index is 11.2. The van der Waals surface area contributed by atoms with Gasteiger partial charge < -0.3 is 10.6 Å². The molecular weight excluding hydrogens is 236 g/mol. The zero-order valence-electron chi connectivity index (χ0n) is 10.4. The van der Waals surface area contributed by atoms with Crippen molar-refractivity contribution in [1.82, 2.24) is 15.3 Å². The second kappa shape index (κ2) is 7.11. The normalized spacial score (nSPS) is 10.1. The molecule has 1 aromatic rings. The van der Waals surface area contributed by atoms with Crippen molar-refractivity contribution in [3.63, 3.8) is 0 Å². The number of hydrogen-bond acceptors (Lipinski definition) is 5. The highest BCUT2D eigenvalue weighted by atomic mass is 32.2. The third-order valence-electron chi connectivity index (χ3n) is 2.26. The minimum Gasteiger partial charge on any atom is -0.373 e. The topological polar surface area (TPSA) is 66.9 Å². The summed E-state index contributed by atoms with van der Waals surface area (Å²) in [5.41, 5.74) is 1.09. The second-order valence-corrected chi connectivity index (χ2v) is 4.43. The Morgan fingerprint density at radius 3 is 2.76 bits per heavy atom. The van der Waals surface area contributed by atoms with E-state index < -0.39 is 0 Å². The lowest BCUT2D eigenvalue weighted by Crippen LogP contribution is -2.20. The summed E-state index contributed by atoms with van der Waals surface area (Å²) >= 11 is 1.45. The van der Waals surface area contributed by atoms with Crippen molar-refractivity contribution in [1.29, 1.82) is 0 Å². The molecule has 0 bridgehead atoms. The molecule has 0 aliphatic rings. The average Bonchev–Trinajstić information content (AvgIpc) is 2.37. The minimum atomic E-state index is 0.00192. The predicted molar refractivity (Wildman–Crippen MR) is 70.4 cm³/mol. The van der Waals surface area contributed by atoms with Crippen molar-refractivity contribution in [2.75, 3.05) is 25.2 Å². The highest BCUT2D eigenvalue weighted by molar-refractivity contribution is 7.99. The SMILES string of the molecule is CCCc1c(NC)ncnc1SCC(=O)NC. The molecule has 0 atom stereocenters. The fraction of sp³-hybridized carbons (Fsp3) is 0.545. The molecule has 2 N–H and O–H groups in total. The van der Waals surface area contributed by atoms with Crippen LogP contribution in [0.4, 0.5) is 5.82 Å². The van der Waals surface area contributed by atoms with Gasteiger partial charge in [-0.15, -0.1) is 0 Å². The Labute approximate surface area is 106 Å². The molecule has 5 nitrogen and oxygen atoms in total. The fourth-order valence-electron chi connectivity index (χ4n) is 1.42. The van der Waals surface area contributed by atoms with E-state index >= 15 is 0 Å². The number of aromatic nitrogens is 2. The highest BCUT2D eigenvalue weighted by Gasteiger charge is 2.11. The van der Waals surface area contributed by atoms with Crippen LogP contribution >= 0.6 is 11.8 Å². The molecule has 0 aromatic carbocycles. The second-order valence-electron chi connectivity index (χ2n) is 3.47. The van der Waals surface area contributed by atoms with Crippen molar-refractivity contribution in [2.24, 2.45) is 0 Å². The van der Waals surface area contributed by atoms with Crippen LogP contribution in [0.15, 0.2) is 11.4 Å². The van der Waals surface area contributed by atoms with Crippen molar-refractivity contribution in [2.45, 2.75) is 24.8 Å². The Hall–Kier alpha value is -1.30. The lowest BCUT2D eigenvalue weighted by atomic mass is 10.2. The van der Waals surface area contributed by atoms with Gasteiger partial charge in [0.05, 0.1) is 5.75 Å². The van der Waals surface area contributed by atoms with Crippen LogP contribution in [-0.4, -0.2) is 35.7 Å². The van der Waals surface area contributed by atoms with E-state index in [0.717, 1.165) is 29.2 Å². The van der Waals surface area contributed by atoms with Crippen LogP contribution in [0.2, 0.25) is 0 Å². The third-order valence-corrected chi connectivity index (χ3v) is 3.29. The van der Waals surface area contributed by atoms with Crippen molar-refractivity contribution in [3.05, 3.63) is 11.9 Å². The molecule has 94 valence electrons. The average molecular weight is 254 g/mol. The largest absolute Gasteiger partial charge is 0.373 e. The van der Waals surface area contributed by atoms with E-state index in [0.29, 0.717) is 5.75 Å². The van der Waals surface area contributed by atoms with Gasteiger partial charge in [0.15, 0.2) is 0 Å². The first-order valence-corrected chi connectivity index (χ1v) is 6.56. The number of carbonyl (C=O) groups excluding carboxylic acids is 1. The summed E-state index contributed by atoms with van der Waals surface area (Å²) in [7, 11) is 3.48. The molecule has 1 rings (SSSR count). The molecule has 0 aliphatic carbocycles. The van der Waals surface area contributed by atoms with Crippen molar-refractivity contribution in [3.8, 4) is 0 Å². The summed E-state index contributed by atoms with van der Waals surface area (Å²) in [6.07, 6.45) is 3.46. The molecule has 0 unspecified atom stereocenters. The number of hydrogen-bond donors (Lipinski definition) is 2. The molecule has 0 radical (unpaired) electrons. The van der Waals surface area contributed by atoms with Crippen molar-refractivity contribution < 1.29 is 4.79 Å². The zero-order valence-corrected chi connectivity index (χ0v) is 11.2. The molecule has 1 heterocycles. The molecule has 6 heteroatoms. The van der Waals surface area contributed by atoms with Crippen LogP contribution in [-0.2, 0) is 11.2 Å². The Morgan fingerprint density at radius 2 is 2.18 bits per heavy atom. The molecule has 0 spiro atoms. The number of nitrogens with one attached hydrogen (secondary N) is 2. The van der Waals surface area contributed by atoms with Crippen LogP contribution < -0.4 is 10.6 Å². The lowest BCUT2D eigenvalue weighted by molar-refractivity contribution is -0.118.